The summed E-state index contributed by atoms with van der Waals surface area (Å²) in [4.78, 5) is 0. The molecule has 1 aromatic heterocycles. The first-order valence-electron chi connectivity index (χ1n) is 6.33. The number of hydrogen-bond acceptors (Lipinski definition) is 3. The van der Waals surface area contributed by atoms with Crippen molar-refractivity contribution in [3.05, 3.63) is 24.2 Å². The Morgan fingerprint density at radius 2 is 2.50 bits per heavy atom. The molecule has 1 atom stereocenters. The molecule has 3 nitrogen and oxygen atoms in total. The van der Waals surface area contributed by atoms with E-state index in [-0.39, 0.29) is 0 Å². The first kappa shape index (κ1) is 11.7. The van der Waals surface area contributed by atoms with Gasteiger partial charge in [-0.25, -0.2) is 0 Å². The molecule has 2 heterocycles. The lowest BCUT2D eigenvalue weighted by Crippen LogP contribution is -2.48. The first-order valence-corrected chi connectivity index (χ1v) is 6.33. The first-order chi connectivity index (χ1) is 7.85. The van der Waals surface area contributed by atoms with Crippen LogP contribution in [-0.2, 0) is 6.54 Å². The Hall–Kier alpha value is -0.800. The van der Waals surface area contributed by atoms with E-state index in [1.54, 1.807) is 6.26 Å². The van der Waals surface area contributed by atoms with Crippen LogP contribution in [0.2, 0.25) is 0 Å². The van der Waals surface area contributed by atoms with Crippen LogP contribution in [-0.4, -0.2) is 18.6 Å². The molecule has 1 aliphatic heterocycles. The monoisotopic (exact) mass is 222 g/mol. The number of hydrogen-bond donors (Lipinski definition) is 2. The smallest absolute Gasteiger partial charge is 0.117 e. The highest BCUT2D eigenvalue weighted by Crippen LogP contribution is 2.23. The van der Waals surface area contributed by atoms with Crippen molar-refractivity contribution in [2.45, 2.75) is 44.7 Å². The molecule has 1 aromatic rings. The number of nitrogens with one attached hydrogen (secondary N) is 2. The van der Waals surface area contributed by atoms with Gasteiger partial charge in [-0.05, 0) is 37.9 Å². The predicted octanol–water partition coefficient (Wildman–Crippen LogP) is 2.29. The van der Waals surface area contributed by atoms with Crippen LogP contribution in [0.15, 0.2) is 22.8 Å². The van der Waals surface area contributed by atoms with Crippen molar-refractivity contribution in [3.8, 4) is 0 Å². The highest BCUT2D eigenvalue weighted by atomic mass is 16.3. The van der Waals surface area contributed by atoms with Crippen molar-refractivity contribution < 1.29 is 4.42 Å². The van der Waals surface area contributed by atoms with Crippen LogP contribution >= 0.6 is 0 Å². The quantitative estimate of drug-likeness (QED) is 0.775. The second-order valence-corrected chi connectivity index (χ2v) is 4.74. The van der Waals surface area contributed by atoms with Gasteiger partial charge in [0.1, 0.15) is 5.76 Å². The molecule has 0 spiro atoms. The highest BCUT2D eigenvalue weighted by Gasteiger charge is 2.31. The summed E-state index contributed by atoms with van der Waals surface area (Å²) in [7, 11) is 0. The van der Waals surface area contributed by atoms with Gasteiger partial charge in [-0.3, -0.25) is 0 Å². The van der Waals surface area contributed by atoms with Gasteiger partial charge in [0.15, 0.2) is 0 Å². The average molecular weight is 222 g/mol. The molecule has 1 fully saturated rings. The topological polar surface area (TPSA) is 37.2 Å². The normalized spacial score (nSPS) is 25.1. The summed E-state index contributed by atoms with van der Waals surface area (Å²) in [5, 5.41) is 7.16. The molecule has 2 rings (SSSR count). The molecule has 0 bridgehead atoms. The maximum absolute atomic E-state index is 5.31. The third kappa shape index (κ3) is 2.86. The Labute approximate surface area is 97.6 Å². The third-order valence-electron chi connectivity index (χ3n) is 3.40. The van der Waals surface area contributed by atoms with E-state index in [0.29, 0.717) is 5.54 Å². The minimum absolute atomic E-state index is 0.335. The van der Waals surface area contributed by atoms with Gasteiger partial charge in [0, 0.05) is 12.1 Å². The summed E-state index contributed by atoms with van der Waals surface area (Å²) in [5.74, 6) is 1.02. The van der Waals surface area contributed by atoms with Gasteiger partial charge in [0.25, 0.3) is 0 Å². The zero-order valence-electron chi connectivity index (χ0n) is 10.1. The van der Waals surface area contributed by atoms with Crippen LogP contribution in [0.4, 0.5) is 0 Å². The molecule has 90 valence electrons. The Kier molecular flexibility index (Phi) is 4.02. The molecule has 16 heavy (non-hydrogen) atoms. The summed E-state index contributed by atoms with van der Waals surface area (Å²) < 4.78 is 5.31. The van der Waals surface area contributed by atoms with Crippen molar-refractivity contribution in [2.75, 3.05) is 13.1 Å². The lowest BCUT2D eigenvalue weighted by Gasteiger charge is -2.29. The average Bonchev–Trinajstić information content (AvgIpc) is 2.90. The van der Waals surface area contributed by atoms with Crippen LogP contribution < -0.4 is 10.6 Å². The SMILES string of the molecule is CCCC1(CNCc2ccco2)CCCN1. The lowest BCUT2D eigenvalue weighted by molar-refractivity contribution is 0.319. The molecule has 0 aliphatic carbocycles. The largest absolute Gasteiger partial charge is 0.468 e. The summed E-state index contributed by atoms with van der Waals surface area (Å²) in [6.07, 6.45) is 6.84. The molecule has 1 unspecified atom stereocenters. The van der Waals surface area contributed by atoms with Gasteiger partial charge in [-0.15, -0.1) is 0 Å². The van der Waals surface area contributed by atoms with Crippen LogP contribution in [0.25, 0.3) is 0 Å². The molecule has 1 aliphatic rings. The summed E-state index contributed by atoms with van der Waals surface area (Å²) >= 11 is 0. The predicted molar refractivity (Wildman–Crippen MR) is 65.3 cm³/mol. The fourth-order valence-corrected chi connectivity index (χ4v) is 2.64. The van der Waals surface area contributed by atoms with Crippen LogP contribution in [0.5, 0.6) is 0 Å². The van der Waals surface area contributed by atoms with Crippen molar-refractivity contribution in [2.24, 2.45) is 0 Å². The Morgan fingerprint density at radius 1 is 1.56 bits per heavy atom. The maximum Gasteiger partial charge on any atom is 0.117 e. The zero-order chi connectivity index (χ0) is 11.3. The van der Waals surface area contributed by atoms with E-state index in [1.165, 1.54) is 32.2 Å². The van der Waals surface area contributed by atoms with Gasteiger partial charge in [-0.1, -0.05) is 13.3 Å². The van der Waals surface area contributed by atoms with Gasteiger partial charge < -0.3 is 15.1 Å². The van der Waals surface area contributed by atoms with Crippen molar-refractivity contribution in [1.29, 1.82) is 0 Å². The van der Waals surface area contributed by atoms with Crippen molar-refractivity contribution in [1.82, 2.24) is 10.6 Å². The molecular formula is C13H22N2O. The van der Waals surface area contributed by atoms with Crippen LogP contribution in [0.3, 0.4) is 0 Å². The molecule has 3 heteroatoms. The summed E-state index contributed by atoms with van der Waals surface area (Å²) in [6.45, 7) is 5.30. The van der Waals surface area contributed by atoms with E-state index < -0.39 is 0 Å². The van der Waals surface area contributed by atoms with E-state index >= 15 is 0 Å². The molecule has 0 saturated carbocycles. The second-order valence-electron chi connectivity index (χ2n) is 4.74. The minimum atomic E-state index is 0.335. The Balaban J connectivity index is 1.78. The fraction of sp³-hybridized carbons (Fsp3) is 0.692. The van der Waals surface area contributed by atoms with Crippen LogP contribution in [0, 0.1) is 0 Å². The number of furan rings is 1. The Bertz CT molecular complexity index is 289. The van der Waals surface area contributed by atoms with Gasteiger partial charge in [0.05, 0.1) is 12.8 Å². The molecular weight excluding hydrogens is 200 g/mol. The third-order valence-corrected chi connectivity index (χ3v) is 3.40. The van der Waals surface area contributed by atoms with E-state index in [0.717, 1.165) is 18.8 Å². The fourth-order valence-electron chi connectivity index (χ4n) is 2.64. The number of rotatable bonds is 6. The molecule has 0 aromatic carbocycles. The van der Waals surface area contributed by atoms with E-state index in [9.17, 15) is 0 Å². The van der Waals surface area contributed by atoms with Gasteiger partial charge in [0.2, 0.25) is 0 Å². The highest BCUT2D eigenvalue weighted by molar-refractivity contribution is 4.99. The zero-order valence-corrected chi connectivity index (χ0v) is 10.1. The molecule has 2 N–H and O–H groups in total. The molecule has 0 amide bonds. The van der Waals surface area contributed by atoms with E-state index in [2.05, 4.69) is 17.6 Å². The second kappa shape index (κ2) is 5.51. The van der Waals surface area contributed by atoms with Crippen molar-refractivity contribution in [3.63, 3.8) is 0 Å². The maximum atomic E-state index is 5.31. The van der Waals surface area contributed by atoms with Gasteiger partial charge >= 0.3 is 0 Å². The Morgan fingerprint density at radius 3 is 3.12 bits per heavy atom. The summed E-state index contributed by atoms with van der Waals surface area (Å²) in [6, 6.07) is 3.95. The van der Waals surface area contributed by atoms with Crippen LogP contribution in [0.1, 0.15) is 38.4 Å². The lowest BCUT2D eigenvalue weighted by atomic mass is 9.92. The minimum Gasteiger partial charge on any atom is -0.468 e. The standard InChI is InChI=1S/C13H22N2O/c1-2-6-13(7-4-8-15-13)11-14-10-12-5-3-9-16-12/h3,5,9,14-15H,2,4,6-8,10-11H2,1H3. The molecule has 1 saturated heterocycles. The van der Waals surface area contributed by atoms with E-state index in [1.807, 2.05) is 12.1 Å². The van der Waals surface area contributed by atoms with E-state index in [4.69, 9.17) is 4.42 Å². The summed E-state index contributed by atoms with van der Waals surface area (Å²) in [5.41, 5.74) is 0.335. The van der Waals surface area contributed by atoms with Gasteiger partial charge in [-0.2, -0.15) is 0 Å². The van der Waals surface area contributed by atoms with Crippen molar-refractivity contribution >= 4 is 0 Å². The molecule has 0 radical (unpaired) electrons.